The van der Waals surface area contributed by atoms with Crippen LogP contribution in [0.4, 0.5) is 0 Å². The van der Waals surface area contributed by atoms with E-state index in [9.17, 15) is 14.4 Å². The second-order valence-corrected chi connectivity index (χ2v) is 12.1. The lowest BCUT2D eigenvalue weighted by atomic mass is 9.95. The average molecular weight is 718 g/mol. The van der Waals surface area contributed by atoms with Crippen molar-refractivity contribution in [2.75, 3.05) is 33.5 Å². The van der Waals surface area contributed by atoms with Crippen molar-refractivity contribution in [1.29, 1.82) is 0 Å². The van der Waals surface area contributed by atoms with Crippen molar-refractivity contribution in [3.8, 4) is 23.0 Å². The third kappa shape index (κ3) is 7.64. The largest absolute Gasteiger partial charge is 0.490 e. The summed E-state index contributed by atoms with van der Waals surface area (Å²) in [6.07, 6.45) is 1.69. The van der Waals surface area contributed by atoms with Crippen LogP contribution in [0.5, 0.6) is 23.0 Å². The smallest absolute Gasteiger partial charge is 0.343 e. The van der Waals surface area contributed by atoms with Crippen molar-refractivity contribution in [2.24, 2.45) is 4.99 Å². The number of nitrogens with zero attached hydrogens (tertiary/aromatic N) is 2. The molecule has 1 atom stereocenters. The maximum atomic E-state index is 14.2. The topological polar surface area (TPSA) is 124 Å². The zero-order valence-electron chi connectivity index (χ0n) is 26.8. The standard InChI is InChI=1S/C33H37BrN2O9S/c1-8-41-24-16-21(11-12-23(24)44-17-27(37)40-7)29-28(32(39)43-10-3)19(6)35-33-36(29)31(38)26(46-33)15-20-13-22(34)30(45-18(4)5)25(14-20)42-9-2/h11-16,18,29H,8-10,17H2,1-7H3/b26-15+/t29-/m0/s1. The molecule has 1 aliphatic rings. The molecule has 2 heterocycles. The van der Waals surface area contributed by atoms with Crippen LogP contribution in [-0.2, 0) is 19.1 Å². The first-order chi connectivity index (χ1) is 22.0. The van der Waals surface area contributed by atoms with Gasteiger partial charge in [-0.25, -0.2) is 14.6 Å². The SMILES string of the molecule is CCOC(=O)C1=C(C)N=c2s/c(=C/c3cc(Br)c(OC(C)C)c(OCC)c3)c(=O)n2[C@H]1c1ccc(OCC(=O)OC)c(OCC)c1. The number of benzene rings is 2. The molecule has 1 aliphatic heterocycles. The summed E-state index contributed by atoms with van der Waals surface area (Å²) >= 11 is 4.80. The number of halogens is 1. The molecule has 46 heavy (non-hydrogen) atoms. The Balaban J connectivity index is 1.90. The maximum absolute atomic E-state index is 14.2. The monoisotopic (exact) mass is 716 g/mol. The summed E-state index contributed by atoms with van der Waals surface area (Å²) in [4.78, 5) is 44.3. The van der Waals surface area contributed by atoms with Crippen LogP contribution in [-0.4, -0.2) is 56.1 Å². The number of ether oxygens (including phenoxy) is 6. The molecule has 1 aromatic heterocycles. The Morgan fingerprint density at radius 2 is 1.74 bits per heavy atom. The van der Waals surface area contributed by atoms with Gasteiger partial charge < -0.3 is 28.4 Å². The number of hydrogen-bond acceptors (Lipinski definition) is 11. The number of carbonyl (C=O) groups excluding carboxylic acids is 2. The molecule has 0 radical (unpaired) electrons. The molecule has 4 rings (SSSR count). The third-order valence-electron chi connectivity index (χ3n) is 6.66. The van der Waals surface area contributed by atoms with Crippen LogP contribution in [0.25, 0.3) is 6.08 Å². The Labute approximate surface area is 279 Å². The van der Waals surface area contributed by atoms with Gasteiger partial charge in [0, 0.05) is 0 Å². The zero-order chi connectivity index (χ0) is 33.5. The predicted octanol–water partition coefficient (Wildman–Crippen LogP) is 4.70. The fourth-order valence-corrected chi connectivity index (χ4v) is 6.42. The van der Waals surface area contributed by atoms with E-state index in [4.69, 9.17) is 23.7 Å². The van der Waals surface area contributed by atoms with Gasteiger partial charge in [-0.1, -0.05) is 17.4 Å². The number of methoxy groups -OCH3 is 1. The first-order valence-electron chi connectivity index (χ1n) is 14.8. The number of allylic oxidation sites excluding steroid dienone is 1. The second kappa shape index (κ2) is 15.5. The van der Waals surface area contributed by atoms with Crippen LogP contribution in [0, 0.1) is 0 Å². The summed E-state index contributed by atoms with van der Waals surface area (Å²) in [7, 11) is 1.27. The van der Waals surface area contributed by atoms with Gasteiger partial charge >= 0.3 is 11.9 Å². The minimum Gasteiger partial charge on any atom is -0.490 e. The van der Waals surface area contributed by atoms with Gasteiger partial charge in [-0.15, -0.1) is 0 Å². The molecule has 11 nitrogen and oxygen atoms in total. The fourth-order valence-electron chi connectivity index (χ4n) is 4.82. The first kappa shape index (κ1) is 34.8. The molecule has 246 valence electrons. The Bertz CT molecular complexity index is 1830. The van der Waals surface area contributed by atoms with Crippen molar-refractivity contribution in [3.63, 3.8) is 0 Å². The fraction of sp³-hybridized carbons (Fsp3) is 0.394. The molecule has 3 aromatic rings. The van der Waals surface area contributed by atoms with E-state index in [0.717, 1.165) is 0 Å². The van der Waals surface area contributed by atoms with E-state index in [1.54, 1.807) is 38.1 Å². The normalized spacial score (nSPS) is 14.5. The van der Waals surface area contributed by atoms with Crippen molar-refractivity contribution in [3.05, 3.63) is 76.9 Å². The van der Waals surface area contributed by atoms with E-state index in [0.29, 0.717) is 66.8 Å². The van der Waals surface area contributed by atoms with Crippen LogP contribution in [0.2, 0.25) is 0 Å². The highest BCUT2D eigenvalue weighted by molar-refractivity contribution is 9.10. The molecule has 0 spiro atoms. The van der Waals surface area contributed by atoms with Crippen molar-refractivity contribution < 1.29 is 38.0 Å². The highest BCUT2D eigenvalue weighted by atomic mass is 79.9. The Hall–Kier alpha value is -4.10. The summed E-state index contributed by atoms with van der Waals surface area (Å²) in [5.41, 5.74) is 1.58. The number of rotatable bonds is 13. The number of fused-ring (bicyclic) bond motifs is 1. The van der Waals surface area contributed by atoms with Gasteiger partial charge in [0.2, 0.25) is 0 Å². The van der Waals surface area contributed by atoms with Crippen LogP contribution in [0.3, 0.4) is 0 Å². The lowest BCUT2D eigenvalue weighted by Crippen LogP contribution is -2.40. The van der Waals surface area contributed by atoms with E-state index in [1.807, 2.05) is 39.8 Å². The Morgan fingerprint density at radius 3 is 2.39 bits per heavy atom. The van der Waals surface area contributed by atoms with E-state index in [-0.39, 0.29) is 30.5 Å². The summed E-state index contributed by atoms with van der Waals surface area (Å²) in [6.45, 7) is 11.5. The van der Waals surface area contributed by atoms with Crippen molar-refractivity contribution in [2.45, 2.75) is 53.7 Å². The molecule has 13 heteroatoms. The Morgan fingerprint density at radius 1 is 1.02 bits per heavy atom. The molecule has 0 amide bonds. The van der Waals surface area contributed by atoms with Crippen LogP contribution < -0.4 is 33.8 Å². The van der Waals surface area contributed by atoms with Gasteiger partial charge in [0.15, 0.2) is 34.4 Å². The van der Waals surface area contributed by atoms with Crippen LogP contribution in [0.1, 0.15) is 58.7 Å². The van der Waals surface area contributed by atoms with Gasteiger partial charge in [-0.2, -0.15) is 0 Å². The molecule has 0 unspecified atom stereocenters. The van der Waals surface area contributed by atoms with Crippen molar-refractivity contribution in [1.82, 2.24) is 4.57 Å². The molecule has 0 N–H and O–H groups in total. The highest BCUT2D eigenvalue weighted by Crippen LogP contribution is 2.38. The maximum Gasteiger partial charge on any atom is 0.343 e. The van der Waals surface area contributed by atoms with Gasteiger partial charge in [-0.05, 0) is 98.9 Å². The van der Waals surface area contributed by atoms with Crippen LogP contribution in [0.15, 0.2) is 55.9 Å². The molecule has 2 aromatic carbocycles. The average Bonchev–Trinajstić information content (AvgIpc) is 3.31. The number of esters is 2. The number of thiazole rings is 1. The molecule has 0 fully saturated rings. The molecule has 0 saturated carbocycles. The highest BCUT2D eigenvalue weighted by Gasteiger charge is 2.34. The van der Waals surface area contributed by atoms with Gasteiger partial charge in [0.05, 0.1) is 59.4 Å². The third-order valence-corrected chi connectivity index (χ3v) is 8.23. The summed E-state index contributed by atoms with van der Waals surface area (Å²) in [6, 6.07) is 7.83. The lowest BCUT2D eigenvalue weighted by molar-refractivity contribution is -0.143. The minimum atomic E-state index is -0.876. The molecular formula is C33H37BrN2O9S. The quantitative estimate of drug-likeness (QED) is 0.232. The van der Waals surface area contributed by atoms with Crippen molar-refractivity contribution >= 4 is 45.3 Å². The minimum absolute atomic E-state index is 0.0707. The number of carbonyl (C=O) groups is 2. The first-order valence-corrected chi connectivity index (χ1v) is 16.4. The van der Waals surface area contributed by atoms with E-state index < -0.39 is 18.0 Å². The van der Waals surface area contributed by atoms with Gasteiger partial charge in [-0.3, -0.25) is 9.36 Å². The van der Waals surface area contributed by atoms with E-state index in [2.05, 4.69) is 25.7 Å². The molecule has 0 bridgehead atoms. The second-order valence-electron chi connectivity index (χ2n) is 10.2. The molecule has 0 aliphatic carbocycles. The summed E-state index contributed by atoms with van der Waals surface area (Å²) in [5.74, 6) is 0.626. The molecular weight excluding hydrogens is 680 g/mol. The summed E-state index contributed by atoms with van der Waals surface area (Å²) < 4.78 is 36.0. The molecule has 0 saturated heterocycles. The van der Waals surface area contributed by atoms with Gasteiger partial charge in [0.1, 0.15) is 0 Å². The van der Waals surface area contributed by atoms with E-state index >= 15 is 0 Å². The predicted molar refractivity (Wildman–Crippen MR) is 177 cm³/mol. The van der Waals surface area contributed by atoms with Gasteiger partial charge in [0.25, 0.3) is 5.56 Å². The number of hydrogen-bond donors (Lipinski definition) is 0. The van der Waals surface area contributed by atoms with E-state index in [1.165, 1.54) is 23.0 Å². The van der Waals surface area contributed by atoms with Crippen LogP contribution >= 0.6 is 27.3 Å². The number of aromatic nitrogens is 1. The zero-order valence-corrected chi connectivity index (χ0v) is 29.2. The lowest BCUT2D eigenvalue weighted by Gasteiger charge is -2.25. The summed E-state index contributed by atoms with van der Waals surface area (Å²) in [5, 5.41) is 0. The Kier molecular flexibility index (Phi) is 11.7.